The number of nitroso groups, excluding NO2 is 1. The second-order valence-electron chi connectivity index (χ2n) is 0.695. The summed E-state index contributed by atoms with van der Waals surface area (Å²) >= 11 is 0. The zero-order valence-corrected chi connectivity index (χ0v) is 3.67. The summed E-state index contributed by atoms with van der Waals surface area (Å²) in [6, 6.07) is 0. The normalized spacial score (nSPS) is 7.00. The molecule has 0 heterocycles. The molecule has 7 heavy (non-hydrogen) atoms. The molecule has 1 radical (unpaired) electrons. The minimum Gasteiger partial charge on any atom is -0.449 e. The molecule has 0 fully saturated rings. The van der Waals surface area contributed by atoms with Crippen molar-refractivity contribution in [3.05, 3.63) is 4.91 Å². The van der Waals surface area contributed by atoms with Gasteiger partial charge in [-0.3, -0.25) is 0 Å². The fourth-order valence-corrected chi connectivity index (χ4v) is 0.0829. The molecule has 0 aromatic rings. The van der Waals surface area contributed by atoms with E-state index in [0.717, 1.165) is 7.11 Å². The molecule has 39 valence electrons. The third kappa shape index (κ3) is 2.68. The van der Waals surface area contributed by atoms with Gasteiger partial charge in [-0.25, -0.2) is 4.79 Å². The van der Waals surface area contributed by atoms with Gasteiger partial charge in [0.2, 0.25) is 0 Å². The van der Waals surface area contributed by atoms with Crippen molar-refractivity contribution in [1.29, 1.82) is 0 Å². The summed E-state index contributed by atoms with van der Waals surface area (Å²) in [6.45, 7) is 0. The number of nitrogens with zero attached hydrogens (tertiary/aromatic N) is 1. The van der Waals surface area contributed by atoms with Crippen LogP contribution in [0.5, 0.6) is 0 Å². The molecule has 0 aromatic carbocycles. The highest BCUT2D eigenvalue weighted by atomic mass is 16.5. The Kier molecular flexibility index (Phi) is 2.58. The van der Waals surface area contributed by atoms with Gasteiger partial charge < -0.3 is 4.74 Å². The first-order valence-corrected chi connectivity index (χ1v) is 1.47. The molecule has 0 aliphatic carbocycles. The minimum atomic E-state index is -0.852. The second kappa shape index (κ2) is 3.08. The molecule has 0 aromatic heterocycles. The van der Waals surface area contributed by atoms with Crippen molar-refractivity contribution in [2.24, 2.45) is 0 Å². The highest BCUT2D eigenvalue weighted by Crippen LogP contribution is 1.62. The number of hydrogen-bond donors (Lipinski definition) is 1. The van der Waals surface area contributed by atoms with E-state index in [1.807, 2.05) is 5.29 Å². The van der Waals surface area contributed by atoms with Crippen molar-refractivity contribution in [2.75, 3.05) is 7.11 Å². The minimum absolute atomic E-state index is 0.852. The summed E-state index contributed by atoms with van der Waals surface area (Å²) in [5.74, 6) is 0. The number of carbonyl (C=O) groups excluding carboxylic acids is 1. The summed E-state index contributed by atoms with van der Waals surface area (Å²) in [5, 5.41) is 2.03. The molecule has 0 spiro atoms. The van der Waals surface area contributed by atoms with Gasteiger partial charge >= 0.3 is 11.4 Å². The molecule has 1 amide bonds. The standard InChI is InChI=1S/C2H4N2O3/c1-7-2(5)3-4-6/h1H3,(H,3,5,6)/q+1. The molecular weight excluding hydrogens is 100 g/mol. The topological polar surface area (TPSA) is 69.5 Å². The third-order valence-corrected chi connectivity index (χ3v) is 0.322. The molecule has 0 bridgehead atoms. The van der Waals surface area contributed by atoms with Gasteiger partial charge in [0.25, 0.3) is 0 Å². The number of rotatable bonds is 1. The van der Waals surface area contributed by atoms with Crippen LogP contribution in [0.25, 0.3) is 0 Å². The predicted molar refractivity (Wildman–Crippen MR) is 21.0 cm³/mol. The number of amides is 1. The van der Waals surface area contributed by atoms with E-state index in [2.05, 4.69) is 4.74 Å². The maximum Gasteiger partial charge on any atom is 0.489 e. The quantitative estimate of drug-likeness (QED) is 0.450. The molecule has 1 N–H and O–H groups in total. The van der Waals surface area contributed by atoms with Crippen LogP contribution in [0.3, 0.4) is 0 Å². The summed E-state index contributed by atoms with van der Waals surface area (Å²) in [4.78, 5) is 18.9. The summed E-state index contributed by atoms with van der Waals surface area (Å²) in [5.41, 5.74) is 1.50. The highest BCUT2D eigenvalue weighted by molar-refractivity contribution is 5.65. The number of methoxy groups -OCH3 is 1. The lowest BCUT2D eigenvalue weighted by Gasteiger charge is -1.80. The lowest BCUT2D eigenvalue weighted by Crippen LogP contribution is -2.23. The van der Waals surface area contributed by atoms with Crippen LogP contribution < -0.4 is 10.7 Å². The van der Waals surface area contributed by atoms with E-state index < -0.39 is 6.09 Å². The van der Waals surface area contributed by atoms with E-state index in [-0.39, 0.29) is 0 Å². The molecule has 5 heteroatoms. The Hall–Kier alpha value is -1.13. The van der Waals surface area contributed by atoms with Crippen LogP contribution in [-0.2, 0) is 4.74 Å². The van der Waals surface area contributed by atoms with Gasteiger partial charge in [0.05, 0.1) is 7.11 Å². The average Bonchev–Trinajstić information content (AvgIpc) is 1.68. The number of carbonyl (C=O) groups is 1. The average molecular weight is 104 g/mol. The van der Waals surface area contributed by atoms with E-state index in [1.54, 1.807) is 0 Å². The fourth-order valence-electron chi connectivity index (χ4n) is 0.0829. The molecule has 5 nitrogen and oxygen atoms in total. The van der Waals surface area contributed by atoms with Crippen molar-refractivity contribution < 1.29 is 9.53 Å². The van der Waals surface area contributed by atoms with E-state index in [1.165, 1.54) is 5.43 Å². The van der Waals surface area contributed by atoms with Gasteiger partial charge in [-0.05, 0) is 0 Å². The molecular formula is C2H4N2O3+. The van der Waals surface area contributed by atoms with Gasteiger partial charge in [-0.2, -0.15) is 0 Å². The third-order valence-electron chi connectivity index (χ3n) is 0.322. The van der Waals surface area contributed by atoms with Crippen molar-refractivity contribution in [3.63, 3.8) is 0 Å². The van der Waals surface area contributed by atoms with E-state index in [0.29, 0.717) is 0 Å². The predicted octanol–water partition coefficient (Wildman–Crippen LogP) is -0.640. The largest absolute Gasteiger partial charge is 0.489 e. The van der Waals surface area contributed by atoms with E-state index in [4.69, 9.17) is 4.91 Å². The molecule has 0 atom stereocenters. The van der Waals surface area contributed by atoms with Crippen molar-refractivity contribution in [2.45, 2.75) is 0 Å². The molecule has 0 aliphatic heterocycles. The van der Waals surface area contributed by atoms with Crippen LogP contribution in [0.15, 0.2) is 0 Å². The Morgan fingerprint density at radius 1 is 1.86 bits per heavy atom. The first-order chi connectivity index (χ1) is 3.31. The van der Waals surface area contributed by atoms with Crippen LogP contribution in [0.4, 0.5) is 4.79 Å². The van der Waals surface area contributed by atoms with Crippen LogP contribution in [0.1, 0.15) is 0 Å². The zero-order valence-electron chi connectivity index (χ0n) is 3.67. The molecule has 0 aliphatic rings. The van der Waals surface area contributed by atoms with Gasteiger partial charge in [0.15, 0.2) is 0 Å². The van der Waals surface area contributed by atoms with Crippen molar-refractivity contribution in [1.82, 2.24) is 10.7 Å². The van der Waals surface area contributed by atoms with Gasteiger partial charge in [0.1, 0.15) is 4.91 Å². The second-order valence-corrected chi connectivity index (χ2v) is 0.695. The number of hydrogen-bond acceptors (Lipinski definition) is 4. The molecule has 0 unspecified atom stereocenters. The lowest BCUT2D eigenvalue weighted by atomic mass is 11.2. The van der Waals surface area contributed by atoms with Crippen LogP contribution in [0.2, 0.25) is 0 Å². The maximum absolute atomic E-state index is 9.78. The van der Waals surface area contributed by atoms with E-state index >= 15 is 0 Å². The number of ether oxygens (including phenoxy) is 1. The molecule has 0 saturated carbocycles. The van der Waals surface area contributed by atoms with E-state index in [9.17, 15) is 4.79 Å². The number of nitrogens with one attached hydrogen (secondary N) is 1. The van der Waals surface area contributed by atoms with Gasteiger partial charge in [-0.1, -0.05) is 0 Å². The van der Waals surface area contributed by atoms with Crippen molar-refractivity contribution >= 4 is 6.09 Å². The Morgan fingerprint density at radius 3 is 2.57 bits per heavy atom. The summed E-state index contributed by atoms with van der Waals surface area (Å²) in [6.07, 6.45) is -0.852. The zero-order chi connectivity index (χ0) is 5.70. The maximum atomic E-state index is 9.78. The monoisotopic (exact) mass is 104 g/mol. The molecule has 0 rings (SSSR count). The van der Waals surface area contributed by atoms with Crippen molar-refractivity contribution in [3.8, 4) is 0 Å². The Labute approximate surface area is 39.6 Å². The smallest absolute Gasteiger partial charge is 0.449 e. The SMILES string of the molecule is COC(=O)N[N+]=O. The first kappa shape index (κ1) is 5.87. The lowest BCUT2D eigenvalue weighted by molar-refractivity contribution is 0.169. The van der Waals surface area contributed by atoms with Crippen LogP contribution in [-0.4, -0.2) is 13.2 Å². The first-order valence-electron chi connectivity index (χ1n) is 1.47. The highest BCUT2D eigenvalue weighted by Gasteiger charge is 2.03. The fraction of sp³-hybridized carbons (Fsp3) is 0.500. The summed E-state index contributed by atoms with van der Waals surface area (Å²) < 4.78 is 3.95. The van der Waals surface area contributed by atoms with Gasteiger partial charge in [-0.15, -0.1) is 0 Å². The van der Waals surface area contributed by atoms with Crippen LogP contribution in [0, 0.1) is 4.91 Å². The van der Waals surface area contributed by atoms with Gasteiger partial charge in [0, 0.05) is 5.43 Å². The Bertz CT molecular complexity index is 81.0. The van der Waals surface area contributed by atoms with Crippen LogP contribution >= 0.6 is 0 Å². The molecule has 0 saturated heterocycles. The Balaban J connectivity index is 3.17. The Morgan fingerprint density at radius 2 is 2.43 bits per heavy atom. The summed E-state index contributed by atoms with van der Waals surface area (Å²) in [7, 11) is 1.14.